The van der Waals surface area contributed by atoms with Gasteiger partial charge in [0.25, 0.3) is 0 Å². The van der Waals surface area contributed by atoms with Crippen LogP contribution in [-0.4, -0.2) is 6.04 Å². The Balaban J connectivity index is 2.28. The minimum Gasteiger partial charge on any atom is -0.328 e. The number of nitrogens with two attached hydrogens (primary N) is 1. The summed E-state index contributed by atoms with van der Waals surface area (Å²) in [5.41, 5.74) is 6.07. The molecule has 1 fully saturated rings. The summed E-state index contributed by atoms with van der Waals surface area (Å²) in [6, 6.07) is 0.448. The lowest BCUT2D eigenvalue weighted by Crippen LogP contribution is -2.19. The summed E-state index contributed by atoms with van der Waals surface area (Å²) in [5.74, 6) is 3.49. The first kappa shape index (κ1) is 13.6. The average Bonchev–Trinajstić information content (AvgIpc) is 2.31. The van der Waals surface area contributed by atoms with Gasteiger partial charge in [-0.15, -0.1) is 12.3 Å². The molecule has 1 aliphatic carbocycles. The van der Waals surface area contributed by atoms with Crippen molar-refractivity contribution in [2.24, 2.45) is 11.7 Å². The van der Waals surface area contributed by atoms with Crippen LogP contribution in [0.15, 0.2) is 0 Å². The van der Waals surface area contributed by atoms with Crippen LogP contribution in [0.3, 0.4) is 0 Å². The van der Waals surface area contributed by atoms with Crippen molar-refractivity contribution in [3.05, 3.63) is 0 Å². The summed E-state index contributed by atoms with van der Waals surface area (Å²) in [4.78, 5) is 0. The van der Waals surface area contributed by atoms with E-state index in [4.69, 9.17) is 12.2 Å². The van der Waals surface area contributed by atoms with Crippen LogP contribution < -0.4 is 5.73 Å². The Morgan fingerprint density at radius 2 is 1.19 bits per heavy atom. The van der Waals surface area contributed by atoms with E-state index in [0.717, 1.165) is 0 Å². The molecule has 0 aliphatic heterocycles. The van der Waals surface area contributed by atoms with Gasteiger partial charge in [0.05, 0.1) is 0 Å². The molecule has 0 spiro atoms. The van der Waals surface area contributed by atoms with Gasteiger partial charge in [-0.25, -0.2) is 0 Å². The minimum absolute atomic E-state index is 0.448. The highest BCUT2D eigenvalue weighted by atomic mass is 14.6. The van der Waals surface area contributed by atoms with E-state index in [-0.39, 0.29) is 0 Å². The van der Waals surface area contributed by atoms with Crippen LogP contribution >= 0.6 is 0 Å². The molecule has 1 heteroatoms. The predicted molar refractivity (Wildman–Crippen MR) is 71.1 cm³/mol. The maximum Gasteiger partial charge on any atom is 0.0200 e. The van der Waals surface area contributed by atoms with E-state index in [2.05, 4.69) is 5.92 Å². The maximum absolute atomic E-state index is 6.07. The molecule has 0 radical (unpaired) electrons. The highest BCUT2D eigenvalue weighted by molar-refractivity contribution is 4.92. The zero-order valence-corrected chi connectivity index (χ0v) is 10.6. The van der Waals surface area contributed by atoms with Gasteiger partial charge in [-0.05, 0) is 25.7 Å². The number of rotatable bonds is 0. The molecule has 16 heavy (non-hydrogen) atoms. The molecule has 0 saturated heterocycles. The van der Waals surface area contributed by atoms with Gasteiger partial charge in [0, 0.05) is 12.0 Å². The van der Waals surface area contributed by atoms with Crippen LogP contribution in [0.5, 0.6) is 0 Å². The second-order valence-corrected chi connectivity index (χ2v) is 5.25. The molecule has 1 rings (SSSR count). The zero-order chi connectivity index (χ0) is 11.6. The third-order valence-electron chi connectivity index (χ3n) is 3.74. The molecule has 1 aliphatic rings. The molecule has 92 valence electrons. The van der Waals surface area contributed by atoms with Crippen LogP contribution in [0.25, 0.3) is 0 Å². The van der Waals surface area contributed by atoms with Gasteiger partial charge in [0.1, 0.15) is 0 Å². The summed E-state index contributed by atoms with van der Waals surface area (Å²) in [6.07, 6.45) is 19.7. The molecule has 0 aromatic carbocycles. The lowest BCUT2D eigenvalue weighted by molar-refractivity contribution is 0.486. The van der Waals surface area contributed by atoms with E-state index in [0.29, 0.717) is 12.0 Å². The Bertz CT molecular complexity index is 204. The molecule has 2 unspecified atom stereocenters. The lowest BCUT2D eigenvalue weighted by Gasteiger charge is -2.10. The Kier molecular flexibility index (Phi) is 7.34. The van der Waals surface area contributed by atoms with Gasteiger partial charge in [0.2, 0.25) is 0 Å². The van der Waals surface area contributed by atoms with Crippen molar-refractivity contribution >= 4 is 0 Å². The highest BCUT2D eigenvalue weighted by Gasteiger charge is 2.07. The Morgan fingerprint density at radius 1 is 0.750 bits per heavy atom. The smallest absolute Gasteiger partial charge is 0.0200 e. The summed E-state index contributed by atoms with van der Waals surface area (Å²) in [6.45, 7) is 0. The van der Waals surface area contributed by atoms with Crippen molar-refractivity contribution in [2.45, 2.75) is 76.7 Å². The summed E-state index contributed by atoms with van der Waals surface area (Å²) >= 11 is 0. The van der Waals surface area contributed by atoms with Crippen molar-refractivity contribution in [3.8, 4) is 12.3 Å². The molecule has 2 N–H and O–H groups in total. The fourth-order valence-electron chi connectivity index (χ4n) is 2.58. The first-order valence-corrected chi connectivity index (χ1v) is 7.04. The monoisotopic (exact) mass is 221 g/mol. The van der Waals surface area contributed by atoms with Gasteiger partial charge < -0.3 is 5.73 Å². The van der Waals surface area contributed by atoms with E-state index in [1.807, 2.05) is 0 Å². The van der Waals surface area contributed by atoms with Crippen LogP contribution in [0.2, 0.25) is 0 Å². The minimum atomic E-state index is 0.448. The zero-order valence-electron chi connectivity index (χ0n) is 10.6. The first-order chi connectivity index (χ1) is 7.83. The molecular formula is C15H27N. The maximum atomic E-state index is 6.07. The Labute approximate surface area is 101 Å². The largest absolute Gasteiger partial charge is 0.328 e. The lowest BCUT2D eigenvalue weighted by atomic mass is 9.95. The fraction of sp³-hybridized carbons (Fsp3) is 0.867. The quantitative estimate of drug-likeness (QED) is 0.617. The van der Waals surface area contributed by atoms with E-state index in [9.17, 15) is 0 Å². The molecular weight excluding hydrogens is 194 g/mol. The normalized spacial score (nSPS) is 30.5. The summed E-state index contributed by atoms with van der Waals surface area (Å²) in [5, 5.41) is 0. The van der Waals surface area contributed by atoms with E-state index < -0.39 is 0 Å². The molecule has 1 saturated carbocycles. The fourth-order valence-corrected chi connectivity index (χ4v) is 2.58. The summed E-state index contributed by atoms with van der Waals surface area (Å²) in [7, 11) is 0. The number of terminal acetylenes is 1. The number of hydrogen-bond acceptors (Lipinski definition) is 1. The van der Waals surface area contributed by atoms with Crippen molar-refractivity contribution in [1.82, 2.24) is 0 Å². The van der Waals surface area contributed by atoms with Gasteiger partial charge in [0.15, 0.2) is 0 Å². The van der Waals surface area contributed by atoms with Crippen LogP contribution in [0.4, 0.5) is 0 Å². The van der Waals surface area contributed by atoms with Gasteiger partial charge in [-0.2, -0.15) is 0 Å². The van der Waals surface area contributed by atoms with Gasteiger partial charge in [-0.1, -0.05) is 44.9 Å². The Morgan fingerprint density at radius 3 is 1.69 bits per heavy atom. The topological polar surface area (TPSA) is 26.0 Å². The molecule has 2 atom stereocenters. The van der Waals surface area contributed by atoms with Crippen molar-refractivity contribution in [2.75, 3.05) is 0 Å². The molecule has 0 aromatic heterocycles. The average molecular weight is 221 g/mol. The van der Waals surface area contributed by atoms with Crippen LogP contribution in [-0.2, 0) is 0 Å². The molecule has 0 aromatic rings. The predicted octanol–water partition coefficient (Wildman–Crippen LogP) is 3.87. The molecule has 0 heterocycles. The van der Waals surface area contributed by atoms with Crippen molar-refractivity contribution < 1.29 is 0 Å². The standard InChI is InChI=1S/C15H27N/c1-2-14-10-6-3-4-8-12-15(16)13-9-5-7-11-14/h1,14-15H,3-13,16H2. The molecule has 0 bridgehead atoms. The molecule has 1 nitrogen and oxygen atoms in total. The SMILES string of the molecule is C#CC1CCCCCCC(N)CCCCC1. The van der Waals surface area contributed by atoms with E-state index in [1.165, 1.54) is 70.6 Å². The second-order valence-electron chi connectivity index (χ2n) is 5.25. The van der Waals surface area contributed by atoms with Gasteiger partial charge in [-0.3, -0.25) is 0 Å². The van der Waals surface area contributed by atoms with E-state index in [1.54, 1.807) is 0 Å². The summed E-state index contributed by atoms with van der Waals surface area (Å²) < 4.78 is 0. The second kappa shape index (κ2) is 8.65. The third kappa shape index (κ3) is 6.18. The van der Waals surface area contributed by atoms with Gasteiger partial charge >= 0.3 is 0 Å². The van der Waals surface area contributed by atoms with Crippen LogP contribution in [0.1, 0.15) is 70.6 Å². The number of hydrogen-bond donors (Lipinski definition) is 1. The Hall–Kier alpha value is -0.480. The third-order valence-corrected chi connectivity index (χ3v) is 3.74. The molecule has 0 amide bonds. The van der Waals surface area contributed by atoms with Crippen molar-refractivity contribution in [1.29, 1.82) is 0 Å². The van der Waals surface area contributed by atoms with Crippen molar-refractivity contribution in [3.63, 3.8) is 0 Å². The first-order valence-electron chi connectivity index (χ1n) is 7.04. The highest BCUT2D eigenvalue weighted by Crippen LogP contribution is 2.19. The van der Waals surface area contributed by atoms with E-state index >= 15 is 0 Å². The van der Waals surface area contributed by atoms with Crippen LogP contribution in [0, 0.1) is 18.3 Å².